The maximum atomic E-state index is 13.0. The lowest BCUT2D eigenvalue weighted by Gasteiger charge is -2.49. The molecule has 30 heavy (non-hydrogen) atoms. The smallest absolute Gasteiger partial charge is 0.322 e. The molecular formula is C21H25ClN4O4. The largest absolute Gasteiger partial charge is 0.353 e. The van der Waals surface area contributed by atoms with E-state index in [1.54, 1.807) is 6.07 Å². The molecule has 3 saturated heterocycles. The van der Waals surface area contributed by atoms with Gasteiger partial charge >= 0.3 is 6.03 Å². The minimum atomic E-state index is -0.823. The molecule has 1 aromatic rings. The zero-order valence-electron chi connectivity index (χ0n) is 16.5. The maximum Gasteiger partial charge on any atom is 0.322 e. The fourth-order valence-electron chi connectivity index (χ4n) is 4.89. The van der Waals surface area contributed by atoms with Gasteiger partial charge in [-0.2, -0.15) is 0 Å². The summed E-state index contributed by atoms with van der Waals surface area (Å²) in [6.07, 6.45) is 4.56. The molecule has 9 heteroatoms. The fourth-order valence-corrected chi connectivity index (χ4v) is 5.11. The quantitative estimate of drug-likeness (QED) is 0.613. The molecule has 3 N–H and O–H groups in total. The zero-order chi connectivity index (χ0) is 21.3. The highest BCUT2D eigenvalue weighted by molar-refractivity contribution is 6.30. The van der Waals surface area contributed by atoms with Crippen LogP contribution in [0.4, 0.5) is 4.79 Å². The van der Waals surface area contributed by atoms with E-state index in [-0.39, 0.29) is 36.4 Å². The van der Waals surface area contributed by atoms with Crippen LogP contribution in [0.3, 0.4) is 0 Å². The number of hydrogen-bond acceptors (Lipinski definition) is 4. The van der Waals surface area contributed by atoms with Gasteiger partial charge in [0.05, 0.1) is 12.8 Å². The van der Waals surface area contributed by atoms with Crippen molar-refractivity contribution in [3.05, 3.63) is 34.9 Å². The van der Waals surface area contributed by atoms with Gasteiger partial charge in [-0.1, -0.05) is 23.7 Å². The molecule has 0 radical (unpaired) electrons. The first kappa shape index (κ1) is 20.7. The van der Waals surface area contributed by atoms with Crippen LogP contribution in [0.2, 0.25) is 5.02 Å². The summed E-state index contributed by atoms with van der Waals surface area (Å²) in [6, 6.07) is 6.14. The molecule has 0 spiro atoms. The van der Waals surface area contributed by atoms with Crippen LogP contribution in [-0.2, 0) is 20.8 Å². The summed E-state index contributed by atoms with van der Waals surface area (Å²) < 4.78 is 0. The molecule has 5 amide bonds. The highest BCUT2D eigenvalue weighted by Crippen LogP contribution is 2.34. The van der Waals surface area contributed by atoms with Crippen molar-refractivity contribution in [1.82, 2.24) is 20.9 Å². The maximum absolute atomic E-state index is 13.0. The Morgan fingerprint density at radius 1 is 1.17 bits per heavy atom. The molecule has 4 rings (SSSR count). The first-order valence-corrected chi connectivity index (χ1v) is 10.7. The van der Waals surface area contributed by atoms with Crippen LogP contribution in [0.15, 0.2) is 24.3 Å². The molecule has 1 aromatic carbocycles. The van der Waals surface area contributed by atoms with E-state index in [1.165, 1.54) is 0 Å². The van der Waals surface area contributed by atoms with Gasteiger partial charge in [0.1, 0.15) is 6.04 Å². The van der Waals surface area contributed by atoms with E-state index in [9.17, 15) is 19.2 Å². The number of nitrogens with one attached hydrogen (secondary N) is 3. The summed E-state index contributed by atoms with van der Waals surface area (Å²) >= 11 is 6.04. The van der Waals surface area contributed by atoms with Gasteiger partial charge in [-0.05, 0) is 49.8 Å². The van der Waals surface area contributed by atoms with Crippen molar-refractivity contribution in [3.63, 3.8) is 0 Å². The van der Waals surface area contributed by atoms with Crippen molar-refractivity contribution in [1.29, 1.82) is 0 Å². The van der Waals surface area contributed by atoms with Crippen LogP contribution in [0.25, 0.3) is 0 Å². The van der Waals surface area contributed by atoms with Crippen molar-refractivity contribution in [2.75, 3.05) is 0 Å². The van der Waals surface area contributed by atoms with Crippen LogP contribution in [0, 0.1) is 0 Å². The molecule has 8 nitrogen and oxygen atoms in total. The zero-order valence-corrected chi connectivity index (χ0v) is 17.3. The number of benzene rings is 1. The molecule has 2 bridgehead atoms. The lowest BCUT2D eigenvalue weighted by Crippen LogP contribution is -2.59. The molecule has 3 aliphatic rings. The number of imide groups is 1. The Labute approximate surface area is 179 Å². The van der Waals surface area contributed by atoms with Gasteiger partial charge in [-0.25, -0.2) is 4.79 Å². The number of urea groups is 1. The Bertz CT molecular complexity index is 862. The predicted octanol–water partition coefficient (Wildman–Crippen LogP) is 1.51. The molecule has 160 valence electrons. The third-order valence-electron chi connectivity index (χ3n) is 6.12. The molecule has 3 aliphatic heterocycles. The first-order chi connectivity index (χ1) is 14.4. The number of piperidine rings is 2. The van der Waals surface area contributed by atoms with Crippen molar-refractivity contribution < 1.29 is 19.2 Å². The molecule has 2 unspecified atom stereocenters. The number of amides is 5. The predicted molar refractivity (Wildman–Crippen MR) is 110 cm³/mol. The number of halogens is 1. The Morgan fingerprint density at radius 3 is 2.53 bits per heavy atom. The SMILES string of the molecule is O=C(CC1NC(=O)NC1=O)NC1C[C@H]2CCC[C@@H](C1)N2C(=O)Cc1cccc(Cl)c1. The summed E-state index contributed by atoms with van der Waals surface area (Å²) in [6.45, 7) is 0. The molecule has 0 aromatic heterocycles. The fraction of sp³-hybridized carbons (Fsp3) is 0.524. The molecule has 3 fully saturated rings. The standard InChI is InChI=1S/C21H25ClN4O4/c22-13-4-1-3-12(7-13)8-19(28)26-15-5-2-6-16(26)10-14(9-15)23-18(27)11-17-20(29)25-21(30)24-17/h1,3-4,7,14-17H,2,5-6,8-11H2,(H,23,27)(H2,24,25,29,30)/t14?,15-,16+,17?. The Kier molecular flexibility index (Phi) is 5.94. The average molecular weight is 433 g/mol. The van der Waals surface area contributed by atoms with Crippen LogP contribution in [-0.4, -0.2) is 52.8 Å². The van der Waals surface area contributed by atoms with Crippen molar-refractivity contribution in [2.24, 2.45) is 0 Å². The van der Waals surface area contributed by atoms with Gasteiger partial charge in [0.2, 0.25) is 11.8 Å². The van der Waals surface area contributed by atoms with E-state index in [1.807, 2.05) is 23.1 Å². The third kappa shape index (κ3) is 4.59. The molecule has 0 aliphatic carbocycles. The third-order valence-corrected chi connectivity index (χ3v) is 6.36. The normalized spacial score (nSPS) is 28.0. The second-order valence-corrected chi connectivity index (χ2v) is 8.74. The second kappa shape index (κ2) is 8.63. The lowest BCUT2D eigenvalue weighted by atomic mass is 9.81. The van der Waals surface area contributed by atoms with Crippen molar-refractivity contribution in [2.45, 2.75) is 69.1 Å². The summed E-state index contributed by atoms with van der Waals surface area (Å²) in [7, 11) is 0. The van der Waals surface area contributed by atoms with Crippen molar-refractivity contribution in [3.8, 4) is 0 Å². The van der Waals surface area contributed by atoms with Crippen LogP contribution in [0.1, 0.15) is 44.1 Å². The lowest BCUT2D eigenvalue weighted by molar-refractivity contribution is -0.141. The van der Waals surface area contributed by atoms with E-state index in [0.717, 1.165) is 24.8 Å². The van der Waals surface area contributed by atoms with E-state index >= 15 is 0 Å². The average Bonchev–Trinajstić information content (AvgIpc) is 2.97. The number of fused-ring (bicyclic) bond motifs is 2. The monoisotopic (exact) mass is 432 g/mol. The Hall–Kier alpha value is -2.61. The van der Waals surface area contributed by atoms with Gasteiger partial charge in [-0.15, -0.1) is 0 Å². The number of carbonyl (C=O) groups excluding carboxylic acids is 4. The minimum absolute atomic E-state index is 0.0387. The first-order valence-electron chi connectivity index (χ1n) is 10.4. The Balaban J connectivity index is 1.35. The van der Waals surface area contributed by atoms with Gasteiger partial charge < -0.3 is 15.5 Å². The highest BCUT2D eigenvalue weighted by Gasteiger charge is 2.41. The number of nitrogens with zero attached hydrogens (tertiary/aromatic N) is 1. The van der Waals surface area contributed by atoms with Gasteiger partial charge in [-0.3, -0.25) is 19.7 Å². The highest BCUT2D eigenvalue weighted by atomic mass is 35.5. The molecular weight excluding hydrogens is 408 g/mol. The summed E-state index contributed by atoms with van der Waals surface area (Å²) in [4.78, 5) is 50.3. The number of rotatable bonds is 5. The van der Waals surface area contributed by atoms with Crippen LogP contribution >= 0.6 is 11.6 Å². The summed E-state index contributed by atoms with van der Waals surface area (Å²) in [5, 5.41) is 8.19. The molecule has 4 atom stereocenters. The molecule has 0 saturated carbocycles. The van der Waals surface area contributed by atoms with Crippen LogP contribution in [0.5, 0.6) is 0 Å². The number of carbonyl (C=O) groups is 4. The topological polar surface area (TPSA) is 108 Å². The van der Waals surface area contributed by atoms with Gasteiger partial charge in [0, 0.05) is 23.1 Å². The van der Waals surface area contributed by atoms with Gasteiger partial charge in [0.25, 0.3) is 5.91 Å². The van der Waals surface area contributed by atoms with Crippen molar-refractivity contribution >= 4 is 35.4 Å². The minimum Gasteiger partial charge on any atom is -0.353 e. The second-order valence-electron chi connectivity index (χ2n) is 8.30. The van der Waals surface area contributed by atoms with E-state index in [4.69, 9.17) is 11.6 Å². The number of hydrogen-bond donors (Lipinski definition) is 3. The van der Waals surface area contributed by atoms with E-state index < -0.39 is 18.0 Å². The van der Waals surface area contributed by atoms with Gasteiger partial charge in [0.15, 0.2) is 0 Å². The summed E-state index contributed by atoms with van der Waals surface area (Å²) in [5.74, 6) is -0.644. The van der Waals surface area contributed by atoms with E-state index in [0.29, 0.717) is 24.3 Å². The summed E-state index contributed by atoms with van der Waals surface area (Å²) in [5.41, 5.74) is 0.901. The Morgan fingerprint density at radius 2 is 1.90 bits per heavy atom. The molecule has 3 heterocycles. The van der Waals surface area contributed by atoms with Crippen LogP contribution < -0.4 is 16.0 Å². The van der Waals surface area contributed by atoms with E-state index in [2.05, 4.69) is 16.0 Å².